The Morgan fingerprint density at radius 1 is 1.19 bits per heavy atom. The fourth-order valence-corrected chi connectivity index (χ4v) is 5.63. The monoisotopic (exact) mass is 581 g/mol. The van der Waals surface area contributed by atoms with E-state index in [1.165, 1.54) is 22.7 Å². The maximum absolute atomic E-state index is 13.4. The number of methoxy groups -OCH3 is 1. The minimum absolute atomic E-state index is 0.0451. The number of aliphatic hydroxyl groups is 1. The van der Waals surface area contributed by atoms with Crippen LogP contribution in [0.2, 0.25) is 0 Å². The van der Waals surface area contributed by atoms with E-state index in [-0.39, 0.29) is 58.2 Å². The average Bonchev–Trinajstić information content (AvgIpc) is 3.68. The Kier molecular flexibility index (Phi) is 8.24. The Balaban J connectivity index is 1.52. The predicted octanol–water partition coefficient (Wildman–Crippen LogP) is 3.39. The molecule has 13 heteroatoms. The summed E-state index contributed by atoms with van der Waals surface area (Å²) in [5.41, 5.74) is -0.395. The van der Waals surface area contributed by atoms with E-state index in [2.05, 4.69) is 20.7 Å². The van der Waals surface area contributed by atoms with E-state index in [4.69, 9.17) is 9.47 Å². The van der Waals surface area contributed by atoms with Crippen molar-refractivity contribution in [2.45, 2.75) is 89.2 Å². The van der Waals surface area contributed by atoms with Gasteiger partial charge in [-0.05, 0) is 71.4 Å². The van der Waals surface area contributed by atoms with Gasteiger partial charge in [-0.1, -0.05) is 0 Å². The first-order valence-electron chi connectivity index (χ1n) is 14.3. The van der Waals surface area contributed by atoms with Crippen molar-refractivity contribution >= 4 is 35.0 Å². The fraction of sp³-hybridized carbons (Fsp3) is 0.552. The van der Waals surface area contributed by atoms with Crippen molar-refractivity contribution in [3.63, 3.8) is 0 Å². The lowest BCUT2D eigenvalue weighted by molar-refractivity contribution is 0.0587. The van der Waals surface area contributed by atoms with E-state index in [9.17, 15) is 19.5 Å². The SMILES string of the molecule is CO[C@@H]1CC[C@@H](NC(=O)c2cnn3c(N(C)C(=O)OC(C)(C)C)cc(Nc4cccn([C@@H]5CCC[C@@H]5O)c4=O)nc23)C1. The van der Waals surface area contributed by atoms with Crippen molar-refractivity contribution < 1.29 is 24.2 Å². The van der Waals surface area contributed by atoms with E-state index in [0.717, 1.165) is 19.3 Å². The van der Waals surface area contributed by atoms with Crippen molar-refractivity contribution in [3.8, 4) is 0 Å². The molecule has 42 heavy (non-hydrogen) atoms. The molecule has 0 aromatic carbocycles. The third-order valence-electron chi connectivity index (χ3n) is 7.80. The maximum atomic E-state index is 13.4. The van der Waals surface area contributed by atoms with E-state index in [1.807, 2.05) is 0 Å². The predicted molar refractivity (Wildman–Crippen MR) is 156 cm³/mol. The quantitative estimate of drug-likeness (QED) is 0.381. The summed E-state index contributed by atoms with van der Waals surface area (Å²) < 4.78 is 13.9. The number of pyridine rings is 1. The molecule has 2 aliphatic carbocycles. The number of aliphatic hydroxyl groups excluding tert-OH is 1. The second-order valence-electron chi connectivity index (χ2n) is 12.0. The molecule has 2 saturated carbocycles. The molecule has 3 aromatic rings. The average molecular weight is 582 g/mol. The van der Waals surface area contributed by atoms with Crippen molar-refractivity contribution in [2.75, 3.05) is 24.4 Å². The van der Waals surface area contributed by atoms with Crippen LogP contribution in [0.3, 0.4) is 0 Å². The molecule has 13 nitrogen and oxygen atoms in total. The molecular formula is C29H39N7O6. The zero-order chi connectivity index (χ0) is 30.2. The summed E-state index contributed by atoms with van der Waals surface area (Å²) in [4.78, 5) is 45.7. The van der Waals surface area contributed by atoms with Gasteiger partial charge < -0.3 is 29.8 Å². The van der Waals surface area contributed by atoms with E-state index >= 15 is 0 Å². The van der Waals surface area contributed by atoms with Crippen molar-refractivity contribution in [3.05, 3.63) is 46.5 Å². The van der Waals surface area contributed by atoms with Crippen LogP contribution in [-0.2, 0) is 9.47 Å². The molecule has 3 heterocycles. The minimum atomic E-state index is -0.741. The molecule has 2 aliphatic rings. The minimum Gasteiger partial charge on any atom is -0.443 e. The Hall–Kier alpha value is -3.97. The van der Waals surface area contributed by atoms with Gasteiger partial charge in [-0.2, -0.15) is 9.61 Å². The van der Waals surface area contributed by atoms with Crippen LogP contribution in [0.5, 0.6) is 0 Å². The number of anilines is 3. The van der Waals surface area contributed by atoms with Gasteiger partial charge in [0.05, 0.1) is 24.4 Å². The summed E-state index contributed by atoms with van der Waals surface area (Å²) in [7, 11) is 3.20. The largest absolute Gasteiger partial charge is 0.443 e. The molecular weight excluding hydrogens is 542 g/mol. The third-order valence-corrected chi connectivity index (χ3v) is 7.80. The summed E-state index contributed by atoms with van der Waals surface area (Å²) in [5, 5.41) is 20.9. The molecule has 3 N–H and O–H groups in total. The van der Waals surface area contributed by atoms with Gasteiger partial charge in [0.1, 0.15) is 28.5 Å². The third kappa shape index (κ3) is 6.12. The molecule has 0 radical (unpaired) electrons. The first-order valence-corrected chi connectivity index (χ1v) is 14.3. The molecule has 0 aliphatic heterocycles. The van der Waals surface area contributed by atoms with Crippen LogP contribution in [0.25, 0.3) is 5.65 Å². The number of hydrogen-bond donors (Lipinski definition) is 3. The van der Waals surface area contributed by atoms with Gasteiger partial charge in [0, 0.05) is 32.5 Å². The van der Waals surface area contributed by atoms with Crippen LogP contribution >= 0.6 is 0 Å². The number of nitrogens with zero attached hydrogens (tertiary/aromatic N) is 5. The van der Waals surface area contributed by atoms with Crippen LogP contribution in [0.4, 0.5) is 22.1 Å². The van der Waals surface area contributed by atoms with Gasteiger partial charge in [-0.25, -0.2) is 9.78 Å². The molecule has 0 unspecified atom stereocenters. The summed E-state index contributed by atoms with van der Waals surface area (Å²) in [6.45, 7) is 5.30. The van der Waals surface area contributed by atoms with Gasteiger partial charge in [-0.3, -0.25) is 14.5 Å². The van der Waals surface area contributed by atoms with E-state index in [1.54, 1.807) is 56.8 Å². The highest BCUT2D eigenvalue weighted by Crippen LogP contribution is 2.30. The van der Waals surface area contributed by atoms with Crippen LogP contribution in [-0.4, -0.2) is 74.3 Å². The number of nitrogens with one attached hydrogen (secondary N) is 2. The molecule has 3 aromatic heterocycles. The standard InChI is InChI=1S/C29H39N7O6/c1-29(2,3)42-28(40)34(4)24-15-23(32-20-8-7-13-35(27(20)39)21-9-6-10-22(21)37)33-25-19(16-30-36(24)25)26(38)31-17-11-12-18(14-17)41-5/h7-8,13,15-18,21-22,37H,6,9-12,14H2,1-5H3,(H,31,38)(H,32,33)/t17-,18-,21-,22+/m1/s1. The smallest absolute Gasteiger partial charge is 0.415 e. The summed E-state index contributed by atoms with van der Waals surface area (Å²) in [6.07, 6.45) is 6.53. The zero-order valence-corrected chi connectivity index (χ0v) is 24.7. The van der Waals surface area contributed by atoms with Crippen LogP contribution in [0.1, 0.15) is 75.7 Å². The van der Waals surface area contributed by atoms with Gasteiger partial charge in [0.25, 0.3) is 11.5 Å². The molecule has 2 fully saturated rings. The molecule has 5 rings (SSSR count). The summed E-state index contributed by atoms with van der Waals surface area (Å²) in [5.74, 6) is 0.155. The van der Waals surface area contributed by atoms with Gasteiger partial charge in [-0.15, -0.1) is 0 Å². The Bertz CT molecular complexity index is 1530. The first kappa shape index (κ1) is 29.5. The van der Waals surface area contributed by atoms with E-state index in [0.29, 0.717) is 19.3 Å². The highest BCUT2D eigenvalue weighted by molar-refractivity contribution is 6.00. The Morgan fingerprint density at radius 3 is 2.64 bits per heavy atom. The lowest BCUT2D eigenvalue weighted by Crippen LogP contribution is -2.35. The van der Waals surface area contributed by atoms with Crippen LogP contribution < -0.4 is 21.1 Å². The number of rotatable bonds is 7. The molecule has 2 amide bonds. The van der Waals surface area contributed by atoms with Crippen LogP contribution in [0.15, 0.2) is 35.4 Å². The molecule has 0 bridgehead atoms. The second-order valence-corrected chi connectivity index (χ2v) is 12.0. The van der Waals surface area contributed by atoms with Crippen molar-refractivity contribution in [2.24, 2.45) is 0 Å². The molecule has 0 saturated heterocycles. The fourth-order valence-electron chi connectivity index (χ4n) is 5.63. The number of ether oxygens (including phenoxy) is 2. The van der Waals surface area contributed by atoms with Gasteiger partial charge in [0.2, 0.25) is 0 Å². The number of carbonyl (C=O) groups is 2. The molecule has 0 spiro atoms. The second kappa shape index (κ2) is 11.7. The molecule has 4 atom stereocenters. The number of amides is 2. The highest BCUT2D eigenvalue weighted by Gasteiger charge is 2.30. The highest BCUT2D eigenvalue weighted by atomic mass is 16.6. The van der Waals surface area contributed by atoms with Gasteiger partial charge >= 0.3 is 6.09 Å². The summed E-state index contributed by atoms with van der Waals surface area (Å²) >= 11 is 0. The van der Waals surface area contributed by atoms with Gasteiger partial charge in [0.15, 0.2) is 5.65 Å². The number of hydrogen-bond acceptors (Lipinski definition) is 9. The zero-order valence-electron chi connectivity index (χ0n) is 24.7. The summed E-state index contributed by atoms with van der Waals surface area (Å²) in [6, 6.07) is 4.57. The lowest BCUT2D eigenvalue weighted by atomic mass is 10.2. The van der Waals surface area contributed by atoms with Crippen molar-refractivity contribution in [1.29, 1.82) is 0 Å². The number of aromatic nitrogens is 4. The number of carbonyl (C=O) groups excluding carboxylic acids is 2. The topological polar surface area (TPSA) is 152 Å². The van der Waals surface area contributed by atoms with E-state index < -0.39 is 17.8 Å². The Labute approximate surface area is 243 Å². The first-order chi connectivity index (χ1) is 19.9. The lowest BCUT2D eigenvalue weighted by Gasteiger charge is -2.25. The van der Waals surface area contributed by atoms with Crippen LogP contribution in [0, 0.1) is 0 Å². The van der Waals surface area contributed by atoms with Crippen molar-refractivity contribution in [1.82, 2.24) is 24.5 Å². The number of fused-ring (bicyclic) bond motifs is 1. The Morgan fingerprint density at radius 2 is 1.98 bits per heavy atom. The molecule has 226 valence electrons. The normalized spacial score (nSPS) is 22.3. The maximum Gasteiger partial charge on any atom is 0.415 e.